The van der Waals surface area contributed by atoms with E-state index >= 15 is 0 Å². The number of hydrogen-bond donors (Lipinski definition) is 0. The molecule has 0 aliphatic carbocycles. The molecule has 0 unspecified atom stereocenters. The first-order valence-electron chi connectivity index (χ1n) is 9.46. The Labute approximate surface area is 188 Å². The van der Waals surface area contributed by atoms with Crippen LogP contribution >= 0.6 is 22.9 Å². The highest BCUT2D eigenvalue weighted by molar-refractivity contribution is 7.90. The number of rotatable bonds is 7. The number of fused-ring (bicyclic) bond motifs is 1. The van der Waals surface area contributed by atoms with E-state index in [1.54, 1.807) is 23.5 Å². The normalized spacial score (nSPS) is 11.7. The van der Waals surface area contributed by atoms with Crippen LogP contribution in [0.1, 0.15) is 16.8 Å². The molecule has 0 aliphatic rings. The number of para-hydroxylation sites is 1. The molecule has 160 valence electrons. The van der Waals surface area contributed by atoms with Crippen LogP contribution in [0.2, 0.25) is 5.02 Å². The molecule has 0 N–H and O–H groups in total. The molecule has 1 amide bonds. The molecule has 7 nitrogen and oxygen atoms in total. The Morgan fingerprint density at radius 1 is 1.19 bits per heavy atom. The minimum atomic E-state index is -3.34. The van der Waals surface area contributed by atoms with Crippen molar-refractivity contribution in [1.29, 1.82) is 0 Å². The van der Waals surface area contributed by atoms with Crippen LogP contribution < -0.4 is 4.90 Å². The van der Waals surface area contributed by atoms with E-state index in [0.717, 1.165) is 11.0 Å². The number of sulfone groups is 1. The molecular formula is C21H19ClN4O3S2. The van der Waals surface area contributed by atoms with E-state index in [2.05, 4.69) is 9.97 Å². The molecule has 31 heavy (non-hydrogen) atoms. The quantitative estimate of drug-likeness (QED) is 0.399. The zero-order valence-corrected chi connectivity index (χ0v) is 19.0. The Morgan fingerprint density at radius 2 is 1.97 bits per heavy atom. The van der Waals surface area contributed by atoms with Gasteiger partial charge in [0, 0.05) is 37.3 Å². The van der Waals surface area contributed by atoms with Gasteiger partial charge in [0.15, 0.2) is 15.0 Å². The van der Waals surface area contributed by atoms with Gasteiger partial charge in [0.05, 0.1) is 20.9 Å². The molecule has 2 heterocycles. The molecule has 10 heteroatoms. The summed E-state index contributed by atoms with van der Waals surface area (Å²) in [7, 11) is -3.34. The number of aryl methyl sites for hydroxylation is 1. The molecule has 4 rings (SSSR count). The van der Waals surface area contributed by atoms with E-state index < -0.39 is 9.84 Å². The van der Waals surface area contributed by atoms with Crippen LogP contribution in [-0.2, 0) is 16.4 Å². The van der Waals surface area contributed by atoms with Gasteiger partial charge in [0.25, 0.3) is 5.91 Å². The van der Waals surface area contributed by atoms with Crippen molar-refractivity contribution in [3.05, 3.63) is 71.8 Å². The molecule has 0 radical (unpaired) electrons. The number of hydrogen-bond acceptors (Lipinski definition) is 6. The number of anilines is 1. The predicted molar refractivity (Wildman–Crippen MR) is 123 cm³/mol. The van der Waals surface area contributed by atoms with Crippen molar-refractivity contribution in [2.24, 2.45) is 0 Å². The molecule has 0 aliphatic heterocycles. The lowest BCUT2D eigenvalue weighted by Gasteiger charge is -2.20. The largest absolute Gasteiger partial charge is 0.337 e. The van der Waals surface area contributed by atoms with E-state index in [4.69, 9.17) is 11.6 Å². The van der Waals surface area contributed by atoms with Crippen molar-refractivity contribution in [1.82, 2.24) is 14.5 Å². The fraction of sp³-hybridized carbons (Fsp3) is 0.190. The van der Waals surface area contributed by atoms with Gasteiger partial charge in [0.2, 0.25) is 0 Å². The van der Waals surface area contributed by atoms with Gasteiger partial charge in [-0.3, -0.25) is 9.69 Å². The number of nitrogens with zero attached hydrogens (tertiary/aromatic N) is 4. The Hall–Kier alpha value is -2.75. The van der Waals surface area contributed by atoms with Gasteiger partial charge in [0.1, 0.15) is 5.52 Å². The molecule has 0 atom stereocenters. The van der Waals surface area contributed by atoms with Crippen LogP contribution in [0.4, 0.5) is 5.13 Å². The average Bonchev–Trinajstić information content (AvgIpc) is 3.41. The van der Waals surface area contributed by atoms with Gasteiger partial charge in [-0.05, 0) is 42.8 Å². The summed E-state index contributed by atoms with van der Waals surface area (Å²) in [6, 6.07) is 11.5. The number of carbonyl (C=O) groups excluding carboxylic acids is 1. The molecule has 0 spiro atoms. The maximum atomic E-state index is 13.4. The lowest BCUT2D eigenvalue weighted by atomic mass is 10.2. The summed E-state index contributed by atoms with van der Waals surface area (Å²) in [4.78, 5) is 23.8. The number of thiazole rings is 1. The van der Waals surface area contributed by atoms with Crippen molar-refractivity contribution in [2.45, 2.75) is 17.9 Å². The van der Waals surface area contributed by atoms with Crippen molar-refractivity contribution in [2.75, 3.05) is 17.7 Å². The molecule has 0 saturated carbocycles. The molecular weight excluding hydrogens is 456 g/mol. The first kappa shape index (κ1) is 21.5. The fourth-order valence-electron chi connectivity index (χ4n) is 3.13. The Morgan fingerprint density at radius 3 is 2.61 bits per heavy atom. The number of carbonyl (C=O) groups is 1. The van der Waals surface area contributed by atoms with Gasteiger partial charge >= 0.3 is 0 Å². The molecule has 0 fully saturated rings. The lowest BCUT2D eigenvalue weighted by Crippen LogP contribution is -2.32. The van der Waals surface area contributed by atoms with Gasteiger partial charge in [-0.1, -0.05) is 29.0 Å². The standard InChI is InChI=1S/C21H19ClN4O3S2/c1-31(28,29)16-8-6-15(7-9-16)20(27)26(12-3-11-25-13-10-23-14-25)21-24-19-17(22)4-2-5-18(19)30-21/h2,4-10,13-14H,3,11-12H2,1H3. The Bertz CT molecular complexity index is 1320. The lowest BCUT2D eigenvalue weighted by molar-refractivity contribution is 0.0986. The molecule has 2 aromatic carbocycles. The monoisotopic (exact) mass is 474 g/mol. The summed E-state index contributed by atoms with van der Waals surface area (Å²) in [5.41, 5.74) is 1.05. The maximum Gasteiger partial charge on any atom is 0.260 e. The summed E-state index contributed by atoms with van der Waals surface area (Å²) >= 11 is 7.67. The predicted octanol–water partition coefficient (Wildman–Crippen LogP) is 4.29. The zero-order chi connectivity index (χ0) is 22.0. The van der Waals surface area contributed by atoms with Crippen LogP contribution in [0.5, 0.6) is 0 Å². The maximum absolute atomic E-state index is 13.4. The van der Waals surface area contributed by atoms with Crippen LogP contribution in [0, 0.1) is 0 Å². The Kier molecular flexibility index (Phi) is 6.08. The van der Waals surface area contributed by atoms with Crippen molar-refractivity contribution in [3.8, 4) is 0 Å². The minimum Gasteiger partial charge on any atom is -0.337 e. The number of aromatic nitrogens is 3. The smallest absolute Gasteiger partial charge is 0.260 e. The summed E-state index contributed by atoms with van der Waals surface area (Å²) in [6.07, 6.45) is 7.13. The van der Waals surface area contributed by atoms with E-state index in [1.165, 1.54) is 35.6 Å². The molecule has 0 bridgehead atoms. The Balaban J connectivity index is 1.64. The summed E-state index contributed by atoms with van der Waals surface area (Å²) in [5, 5.41) is 1.08. The summed E-state index contributed by atoms with van der Waals surface area (Å²) < 4.78 is 26.3. The van der Waals surface area contributed by atoms with Gasteiger partial charge < -0.3 is 4.57 Å². The number of amides is 1. The summed E-state index contributed by atoms with van der Waals surface area (Å²) in [6.45, 7) is 1.13. The average molecular weight is 475 g/mol. The van der Waals surface area contributed by atoms with Gasteiger partial charge in [-0.25, -0.2) is 18.4 Å². The van der Waals surface area contributed by atoms with E-state index in [1.807, 2.05) is 22.9 Å². The fourth-order valence-corrected chi connectivity index (χ4v) is 5.05. The van der Waals surface area contributed by atoms with Crippen LogP contribution in [0.15, 0.2) is 66.1 Å². The summed E-state index contributed by atoms with van der Waals surface area (Å²) in [5.74, 6) is -0.249. The first-order valence-corrected chi connectivity index (χ1v) is 12.5. The highest BCUT2D eigenvalue weighted by Gasteiger charge is 2.22. The van der Waals surface area contributed by atoms with E-state index in [-0.39, 0.29) is 10.8 Å². The SMILES string of the molecule is CS(=O)(=O)c1ccc(C(=O)N(CCCn2ccnc2)c2nc3c(Cl)cccc3s2)cc1. The first-order chi connectivity index (χ1) is 14.8. The third-order valence-electron chi connectivity index (χ3n) is 4.72. The molecule has 4 aromatic rings. The number of imidazole rings is 1. The second-order valence-corrected chi connectivity index (χ2v) is 10.4. The highest BCUT2D eigenvalue weighted by Crippen LogP contribution is 2.33. The molecule has 2 aromatic heterocycles. The second kappa shape index (κ2) is 8.78. The van der Waals surface area contributed by atoms with Crippen molar-refractivity contribution >= 4 is 54.0 Å². The van der Waals surface area contributed by atoms with E-state index in [9.17, 15) is 13.2 Å². The van der Waals surface area contributed by atoms with Crippen molar-refractivity contribution < 1.29 is 13.2 Å². The highest BCUT2D eigenvalue weighted by atomic mass is 35.5. The third kappa shape index (κ3) is 4.79. The van der Waals surface area contributed by atoms with Crippen molar-refractivity contribution in [3.63, 3.8) is 0 Å². The third-order valence-corrected chi connectivity index (χ3v) is 7.20. The topological polar surface area (TPSA) is 85.2 Å². The van der Waals surface area contributed by atoms with E-state index in [0.29, 0.717) is 40.7 Å². The number of halogens is 1. The van der Waals surface area contributed by atoms with Crippen LogP contribution in [-0.4, -0.2) is 41.7 Å². The number of benzene rings is 2. The van der Waals surface area contributed by atoms with Gasteiger partial charge in [-0.15, -0.1) is 0 Å². The molecule has 0 saturated heterocycles. The zero-order valence-electron chi connectivity index (χ0n) is 16.6. The van der Waals surface area contributed by atoms with Crippen LogP contribution in [0.25, 0.3) is 10.2 Å². The van der Waals surface area contributed by atoms with Gasteiger partial charge in [-0.2, -0.15) is 0 Å². The minimum absolute atomic E-state index is 0.169. The van der Waals surface area contributed by atoms with Crippen LogP contribution in [0.3, 0.4) is 0 Å². The second-order valence-electron chi connectivity index (χ2n) is 6.99.